The zero-order valence-electron chi connectivity index (χ0n) is 9.05. The third-order valence-electron chi connectivity index (χ3n) is 2.52. The summed E-state index contributed by atoms with van der Waals surface area (Å²) in [5.74, 6) is -0.540. The molecule has 1 aromatic rings. The Morgan fingerprint density at radius 1 is 1.44 bits per heavy atom. The van der Waals surface area contributed by atoms with E-state index in [1.807, 2.05) is 6.92 Å². The molecule has 0 aliphatic heterocycles. The molecule has 0 radical (unpaired) electrons. The van der Waals surface area contributed by atoms with Gasteiger partial charge in [-0.05, 0) is 18.4 Å². The Hall–Kier alpha value is -1.91. The molecule has 1 amide bonds. The first-order chi connectivity index (χ1) is 7.54. The number of primary amides is 1. The van der Waals surface area contributed by atoms with Crippen molar-refractivity contribution in [1.29, 1.82) is 0 Å². The normalized spacial score (nSPS) is 12.1. The number of non-ortho nitro benzene ring substituents is 1. The van der Waals surface area contributed by atoms with Crippen molar-refractivity contribution >= 4 is 11.6 Å². The summed E-state index contributed by atoms with van der Waals surface area (Å²) in [6.07, 6.45) is 1.20. The van der Waals surface area contributed by atoms with Crippen LogP contribution in [0.15, 0.2) is 24.3 Å². The first kappa shape index (κ1) is 12.2. The van der Waals surface area contributed by atoms with Crippen LogP contribution in [0, 0.1) is 16.0 Å². The molecule has 1 atom stereocenters. The van der Waals surface area contributed by atoms with E-state index in [0.29, 0.717) is 12.8 Å². The maximum Gasteiger partial charge on any atom is 0.269 e. The number of nitro groups is 1. The number of amides is 1. The lowest BCUT2D eigenvalue weighted by Gasteiger charge is -2.10. The summed E-state index contributed by atoms with van der Waals surface area (Å²) >= 11 is 0. The fourth-order valence-electron chi connectivity index (χ4n) is 1.48. The molecule has 0 fully saturated rings. The highest BCUT2D eigenvalue weighted by Crippen LogP contribution is 2.16. The van der Waals surface area contributed by atoms with Gasteiger partial charge in [0.25, 0.3) is 5.69 Å². The van der Waals surface area contributed by atoms with E-state index in [1.54, 1.807) is 12.1 Å². The van der Waals surface area contributed by atoms with Crippen molar-refractivity contribution < 1.29 is 9.72 Å². The van der Waals surface area contributed by atoms with E-state index in [1.165, 1.54) is 12.1 Å². The van der Waals surface area contributed by atoms with Crippen LogP contribution in [-0.2, 0) is 11.2 Å². The molecule has 0 aromatic heterocycles. The van der Waals surface area contributed by atoms with Crippen LogP contribution in [-0.4, -0.2) is 10.8 Å². The van der Waals surface area contributed by atoms with Gasteiger partial charge in [-0.1, -0.05) is 19.1 Å². The van der Waals surface area contributed by atoms with Crippen molar-refractivity contribution in [3.63, 3.8) is 0 Å². The summed E-state index contributed by atoms with van der Waals surface area (Å²) in [7, 11) is 0. The molecule has 0 saturated carbocycles. The standard InChI is InChI=1S/C11H14N2O3/c1-2-9(11(12)14)7-8-3-5-10(6-4-8)13(15)16/h3-6,9H,2,7H2,1H3,(H2,12,14). The minimum Gasteiger partial charge on any atom is -0.369 e. The average Bonchev–Trinajstić information content (AvgIpc) is 2.26. The van der Waals surface area contributed by atoms with Gasteiger partial charge >= 0.3 is 0 Å². The predicted octanol–water partition coefficient (Wildman–Crippen LogP) is 1.65. The van der Waals surface area contributed by atoms with E-state index in [-0.39, 0.29) is 17.5 Å². The molecule has 5 heteroatoms. The number of carbonyl (C=O) groups is 1. The van der Waals surface area contributed by atoms with Gasteiger partial charge in [-0.25, -0.2) is 0 Å². The molecule has 2 N–H and O–H groups in total. The van der Waals surface area contributed by atoms with Crippen molar-refractivity contribution in [2.24, 2.45) is 11.7 Å². The third kappa shape index (κ3) is 3.05. The van der Waals surface area contributed by atoms with Crippen LogP contribution in [0.5, 0.6) is 0 Å². The summed E-state index contributed by atoms with van der Waals surface area (Å²) in [4.78, 5) is 21.0. The van der Waals surface area contributed by atoms with Gasteiger partial charge in [0.05, 0.1) is 4.92 Å². The second-order valence-electron chi connectivity index (χ2n) is 3.64. The minimum absolute atomic E-state index is 0.0517. The second kappa shape index (κ2) is 5.25. The van der Waals surface area contributed by atoms with Gasteiger partial charge in [0.1, 0.15) is 0 Å². The van der Waals surface area contributed by atoms with Crippen molar-refractivity contribution in [1.82, 2.24) is 0 Å². The summed E-state index contributed by atoms with van der Waals surface area (Å²) in [6.45, 7) is 1.89. The molecule has 0 heterocycles. The molecule has 0 spiro atoms. The van der Waals surface area contributed by atoms with Gasteiger partial charge in [-0.15, -0.1) is 0 Å². The van der Waals surface area contributed by atoms with Crippen molar-refractivity contribution in [2.45, 2.75) is 19.8 Å². The number of rotatable bonds is 5. The number of nitro benzene ring substituents is 1. The van der Waals surface area contributed by atoms with Crippen LogP contribution in [0.3, 0.4) is 0 Å². The number of benzene rings is 1. The molecule has 0 saturated heterocycles. The summed E-state index contributed by atoms with van der Waals surface area (Å²) in [5.41, 5.74) is 6.16. The third-order valence-corrected chi connectivity index (χ3v) is 2.52. The maximum atomic E-state index is 11.0. The number of nitrogens with two attached hydrogens (primary N) is 1. The lowest BCUT2D eigenvalue weighted by molar-refractivity contribution is -0.384. The van der Waals surface area contributed by atoms with E-state index in [2.05, 4.69) is 0 Å². The van der Waals surface area contributed by atoms with Crippen molar-refractivity contribution in [3.05, 3.63) is 39.9 Å². The quantitative estimate of drug-likeness (QED) is 0.607. The Labute approximate surface area is 93.4 Å². The number of hydrogen-bond donors (Lipinski definition) is 1. The highest BCUT2D eigenvalue weighted by atomic mass is 16.6. The first-order valence-corrected chi connectivity index (χ1v) is 5.07. The van der Waals surface area contributed by atoms with Crippen LogP contribution < -0.4 is 5.73 Å². The molecule has 16 heavy (non-hydrogen) atoms. The van der Waals surface area contributed by atoms with E-state index in [0.717, 1.165) is 5.56 Å². The fraction of sp³-hybridized carbons (Fsp3) is 0.364. The van der Waals surface area contributed by atoms with E-state index in [4.69, 9.17) is 5.73 Å². The summed E-state index contributed by atoms with van der Waals surface area (Å²) < 4.78 is 0. The molecule has 1 unspecified atom stereocenters. The highest BCUT2D eigenvalue weighted by molar-refractivity contribution is 5.76. The Bertz CT molecular complexity index is 387. The monoisotopic (exact) mass is 222 g/mol. The molecule has 86 valence electrons. The van der Waals surface area contributed by atoms with Gasteiger partial charge in [0.15, 0.2) is 0 Å². The number of carbonyl (C=O) groups excluding carboxylic acids is 1. The fourth-order valence-corrected chi connectivity index (χ4v) is 1.48. The summed E-state index contributed by atoms with van der Waals surface area (Å²) in [5, 5.41) is 10.4. The van der Waals surface area contributed by atoms with Gasteiger partial charge in [-0.3, -0.25) is 14.9 Å². The lowest BCUT2D eigenvalue weighted by atomic mass is 9.96. The molecule has 1 aromatic carbocycles. The molecule has 0 aliphatic carbocycles. The molecule has 0 bridgehead atoms. The smallest absolute Gasteiger partial charge is 0.269 e. The largest absolute Gasteiger partial charge is 0.369 e. The Kier molecular flexibility index (Phi) is 3.99. The Morgan fingerprint density at radius 2 is 2.00 bits per heavy atom. The Morgan fingerprint density at radius 3 is 2.38 bits per heavy atom. The second-order valence-corrected chi connectivity index (χ2v) is 3.64. The van der Waals surface area contributed by atoms with Crippen molar-refractivity contribution in [3.8, 4) is 0 Å². The average molecular weight is 222 g/mol. The van der Waals surface area contributed by atoms with Crippen LogP contribution in [0.2, 0.25) is 0 Å². The first-order valence-electron chi connectivity index (χ1n) is 5.07. The lowest BCUT2D eigenvalue weighted by Crippen LogP contribution is -2.24. The van der Waals surface area contributed by atoms with Crippen LogP contribution in [0.25, 0.3) is 0 Å². The van der Waals surface area contributed by atoms with Crippen molar-refractivity contribution in [2.75, 3.05) is 0 Å². The van der Waals surface area contributed by atoms with E-state index in [9.17, 15) is 14.9 Å². The summed E-state index contributed by atoms with van der Waals surface area (Å²) in [6, 6.07) is 6.18. The van der Waals surface area contributed by atoms with Crippen LogP contribution >= 0.6 is 0 Å². The molecule has 1 rings (SSSR count). The molecular formula is C11H14N2O3. The van der Waals surface area contributed by atoms with E-state index < -0.39 is 4.92 Å². The van der Waals surface area contributed by atoms with E-state index >= 15 is 0 Å². The van der Waals surface area contributed by atoms with Gasteiger partial charge in [-0.2, -0.15) is 0 Å². The van der Waals surface area contributed by atoms with Gasteiger partial charge < -0.3 is 5.73 Å². The van der Waals surface area contributed by atoms with Gasteiger partial charge in [0.2, 0.25) is 5.91 Å². The number of hydrogen-bond acceptors (Lipinski definition) is 3. The minimum atomic E-state index is -0.449. The van der Waals surface area contributed by atoms with Gasteiger partial charge in [0, 0.05) is 18.1 Å². The maximum absolute atomic E-state index is 11.0. The zero-order chi connectivity index (χ0) is 12.1. The number of nitrogens with zero attached hydrogens (tertiary/aromatic N) is 1. The highest BCUT2D eigenvalue weighted by Gasteiger charge is 2.14. The SMILES string of the molecule is CCC(Cc1ccc([N+](=O)[O-])cc1)C(N)=O. The molecular weight excluding hydrogens is 208 g/mol. The zero-order valence-corrected chi connectivity index (χ0v) is 9.05. The topological polar surface area (TPSA) is 86.2 Å². The Balaban J connectivity index is 2.75. The molecule has 5 nitrogen and oxygen atoms in total. The van der Waals surface area contributed by atoms with Crippen LogP contribution in [0.4, 0.5) is 5.69 Å². The van der Waals surface area contributed by atoms with Crippen LogP contribution in [0.1, 0.15) is 18.9 Å². The molecule has 0 aliphatic rings. The predicted molar refractivity (Wildman–Crippen MR) is 59.8 cm³/mol.